The number of urea groups is 1. The van der Waals surface area contributed by atoms with Crippen LogP contribution in [-0.4, -0.2) is 59.9 Å². The highest BCUT2D eigenvalue weighted by Gasteiger charge is 2.57. The molecule has 26 heavy (non-hydrogen) atoms. The molecule has 1 aromatic rings. The number of hydrogen-bond donors (Lipinski definition) is 1. The van der Waals surface area contributed by atoms with Gasteiger partial charge in [0, 0.05) is 7.11 Å². The van der Waals surface area contributed by atoms with Crippen LogP contribution in [0.2, 0.25) is 0 Å². The van der Waals surface area contributed by atoms with Crippen molar-refractivity contribution < 1.29 is 19.1 Å². The first kappa shape index (κ1) is 17.0. The van der Waals surface area contributed by atoms with E-state index < -0.39 is 17.2 Å². The molecule has 7 nitrogen and oxygen atoms in total. The zero-order chi connectivity index (χ0) is 18.5. The van der Waals surface area contributed by atoms with Crippen molar-refractivity contribution in [2.24, 2.45) is 5.92 Å². The van der Waals surface area contributed by atoms with Crippen molar-refractivity contribution in [1.82, 2.24) is 15.1 Å². The van der Waals surface area contributed by atoms with Gasteiger partial charge in [0.2, 0.25) is 5.91 Å². The number of hydrogen-bond acceptors (Lipinski definition) is 4. The molecule has 3 fully saturated rings. The van der Waals surface area contributed by atoms with E-state index in [-0.39, 0.29) is 24.3 Å². The Labute approximate surface area is 152 Å². The number of imide groups is 1. The van der Waals surface area contributed by atoms with Crippen molar-refractivity contribution in [2.75, 3.05) is 26.7 Å². The molecule has 3 aliphatic rings. The van der Waals surface area contributed by atoms with Crippen LogP contribution < -0.4 is 5.32 Å². The minimum Gasteiger partial charge on any atom is -0.370 e. The maximum Gasteiger partial charge on any atom is 0.325 e. The number of amides is 4. The Morgan fingerprint density at radius 1 is 1.23 bits per heavy atom. The van der Waals surface area contributed by atoms with E-state index in [1.807, 2.05) is 30.3 Å². The topological polar surface area (TPSA) is 79.0 Å². The van der Waals surface area contributed by atoms with Gasteiger partial charge in [-0.05, 0) is 31.2 Å². The lowest BCUT2D eigenvalue weighted by molar-refractivity contribution is -0.166. The van der Waals surface area contributed by atoms with Gasteiger partial charge in [0.15, 0.2) is 0 Å². The van der Waals surface area contributed by atoms with Gasteiger partial charge in [-0.15, -0.1) is 0 Å². The van der Waals surface area contributed by atoms with Crippen LogP contribution in [0.1, 0.15) is 25.3 Å². The van der Waals surface area contributed by atoms with E-state index in [1.165, 1.54) is 0 Å². The van der Waals surface area contributed by atoms with E-state index in [0.29, 0.717) is 13.1 Å². The molecule has 0 bridgehead atoms. The Bertz CT molecular complexity index is 755. The Hall–Kier alpha value is -2.41. The number of carbonyl (C=O) groups excluding carboxylic acids is 3. The molecule has 7 heteroatoms. The number of nitrogens with zero attached hydrogens (tertiary/aromatic N) is 2. The summed E-state index contributed by atoms with van der Waals surface area (Å²) in [7, 11) is 1.63. The Balaban J connectivity index is 1.41. The fraction of sp³-hybridized carbons (Fsp3) is 0.526. The van der Waals surface area contributed by atoms with Crippen LogP contribution in [0.5, 0.6) is 0 Å². The van der Waals surface area contributed by atoms with Crippen molar-refractivity contribution in [3.63, 3.8) is 0 Å². The SMILES string of the molecule is COC1(c2ccccc2)CN(C(=O)CN2C(=O)NC(C)(C3CC3)C2=O)C1. The summed E-state index contributed by atoms with van der Waals surface area (Å²) in [4.78, 5) is 40.1. The van der Waals surface area contributed by atoms with Crippen molar-refractivity contribution in [2.45, 2.75) is 30.9 Å². The van der Waals surface area contributed by atoms with Gasteiger partial charge in [-0.2, -0.15) is 0 Å². The molecule has 1 saturated carbocycles. The van der Waals surface area contributed by atoms with Crippen LogP contribution in [0, 0.1) is 5.92 Å². The van der Waals surface area contributed by atoms with E-state index in [4.69, 9.17) is 4.74 Å². The quantitative estimate of drug-likeness (QED) is 0.800. The van der Waals surface area contributed by atoms with Crippen molar-refractivity contribution in [3.8, 4) is 0 Å². The smallest absolute Gasteiger partial charge is 0.325 e. The molecule has 1 atom stereocenters. The molecule has 2 heterocycles. The lowest BCUT2D eigenvalue weighted by atomic mass is 9.85. The molecule has 0 aromatic heterocycles. The largest absolute Gasteiger partial charge is 0.370 e. The number of rotatable bonds is 5. The van der Waals surface area contributed by atoms with Crippen LogP contribution in [0.15, 0.2) is 30.3 Å². The summed E-state index contributed by atoms with van der Waals surface area (Å²) >= 11 is 0. The highest BCUT2D eigenvalue weighted by atomic mass is 16.5. The molecule has 0 spiro atoms. The first-order valence-electron chi connectivity index (χ1n) is 8.92. The summed E-state index contributed by atoms with van der Waals surface area (Å²) in [5, 5.41) is 2.77. The van der Waals surface area contributed by atoms with Crippen LogP contribution >= 0.6 is 0 Å². The van der Waals surface area contributed by atoms with Crippen LogP contribution in [0.25, 0.3) is 0 Å². The summed E-state index contributed by atoms with van der Waals surface area (Å²) < 4.78 is 5.67. The Kier molecular flexibility index (Phi) is 3.80. The number of ether oxygens (including phenoxy) is 1. The van der Waals surface area contributed by atoms with Gasteiger partial charge in [-0.3, -0.25) is 14.5 Å². The van der Waals surface area contributed by atoms with Gasteiger partial charge in [-0.1, -0.05) is 30.3 Å². The highest BCUT2D eigenvalue weighted by Crippen LogP contribution is 2.42. The zero-order valence-corrected chi connectivity index (χ0v) is 15.0. The van der Waals surface area contributed by atoms with E-state index in [0.717, 1.165) is 23.3 Å². The molecular weight excluding hydrogens is 334 g/mol. The fourth-order valence-corrected chi connectivity index (χ4v) is 3.95. The van der Waals surface area contributed by atoms with Gasteiger partial charge >= 0.3 is 6.03 Å². The molecular formula is C19H23N3O4. The molecule has 4 amide bonds. The third-order valence-electron chi connectivity index (χ3n) is 5.92. The standard InChI is InChI=1S/C19H23N3O4/c1-18(13-8-9-13)16(24)22(17(25)20-18)10-15(23)21-11-19(12-21,26-2)14-6-4-3-5-7-14/h3-7,13H,8-12H2,1-2H3,(H,20,25). The average molecular weight is 357 g/mol. The Morgan fingerprint density at radius 2 is 1.88 bits per heavy atom. The zero-order valence-electron chi connectivity index (χ0n) is 15.0. The summed E-state index contributed by atoms with van der Waals surface area (Å²) in [6, 6.07) is 9.29. The number of likely N-dealkylation sites (tertiary alicyclic amines) is 1. The molecule has 4 rings (SSSR count). The molecule has 1 aliphatic carbocycles. The van der Waals surface area contributed by atoms with E-state index in [9.17, 15) is 14.4 Å². The Morgan fingerprint density at radius 3 is 2.46 bits per heavy atom. The normalized spacial score (nSPS) is 27.3. The van der Waals surface area contributed by atoms with Gasteiger partial charge in [-0.25, -0.2) is 4.79 Å². The van der Waals surface area contributed by atoms with E-state index >= 15 is 0 Å². The van der Waals surface area contributed by atoms with Crippen molar-refractivity contribution >= 4 is 17.8 Å². The second kappa shape index (κ2) is 5.81. The third-order valence-corrected chi connectivity index (χ3v) is 5.92. The van der Waals surface area contributed by atoms with Gasteiger partial charge in [0.25, 0.3) is 5.91 Å². The van der Waals surface area contributed by atoms with Gasteiger partial charge in [0.05, 0.1) is 13.1 Å². The number of methoxy groups -OCH3 is 1. The third kappa shape index (κ3) is 2.49. The molecule has 0 radical (unpaired) electrons. The van der Waals surface area contributed by atoms with Crippen LogP contribution in [-0.2, 0) is 19.9 Å². The monoisotopic (exact) mass is 357 g/mol. The highest BCUT2D eigenvalue weighted by molar-refractivity contribution is 6.09. The fourth-order valence-electron chi connectivity index (χ4n) is 3.95. The van der Waals surface area contributed by atoms with E-state index in [1.54, 1.807) is 18.9 Å². The number of carbonyl (C=O) groups is 3. The first-order chi connectivity index (χ1) is 12.4. The molecule has 138 valence electrons. The lowest BCUT2D eigenvalue weighted by Crippen LogP contribution is -2.63. The van der Waals surface area contributed by atoms with Crippen LogP contribution in [0.4, 0.5) is 4.79 Å². The number of benzene rings is 1. The summed E-state index contributed by atoms with van der Waals surface area (Å²) in [5.41, 5.74) is -0.355. The summed E-state index contributed by atoms with van der Waals surface area (Å²) in [6.45, 7) is 2.36. The molecule has 1 unspecified atom stereocenters. The predicted octanol–water partition coefficient (Wildman–Crippen LogP) is 1.09. The minimum absolute atomic E-state index is 0.183. The minimum atomic E-state index is -0.855. The van der Waals surface area contributed by atoms with Gasteiger partial charge in [0.1, 0.15) is 17.7 Å². The summed E-state index contributed by atoms with van der Waals surface area (Å²) in [5.74, 6) is -0.348. The molecule has 2 aliphatic heterocycles. The predicted molar refractivity (Wildman–Crippen MR) is 93.1 cm³/mol. The van der Waals surface area contributed by atoms with E-state index in [2.05, 4.69) is 5.32 Å². The second-order valence-electron chi connectivity index (χ2n) is 7.61. The molecule has 1 N–H and O–H groups in total. The molecule has 2 saturated heterocycles. The second-order valence-corrected chi connectivity index (χ2v) is 7.61. The molecule has 1 aromatic carbocycles. The lowest BCUT2D eigenvalue weighted by Gasteiger charge is -2.49. The van der Waals surface area contributed by atoms with Crippen molar-refractivity contribution in [3.05, 3.63) is 35.9 Å². The first-order valence-corrected chi connectivity index (χ1v) is 8.92. The maximum atomic E-state index is 12.6. The summed E-state index contributed by atoms with van der Waals surface area (Å²) in [6.07, 6.45) is 1.87. The number of nitrogens with one attached hydrogen (secondary N) is 1. The van der Waals surface area contributed by atoms with Gasteiger partial charge < -0.3 is 15.0 Å². The van der Waals surface area contributed by atoms with Crippen molar-refractivity contribution in [1.29, 1.82) is 0 Å². The van der Waals surface area contributed by atoms with Crippen LogP contribution in [0.3, 0.4) is 0 Å². The maximum absolute atomic E-state index is 12.6. The average Bonchev–Trinajstić information content (AvgIpc) is 3.42.